The Bertz CT molecular complexity index is 905. The number of benzene rings is 2. The smallest absolute Gasteiger partial charge is 0.223 e. The molecule has 0 aromatic heterocycles. The van der Waals surface area contributed by atoms with Crippen LogP contribution in [0.4, 0.5) is 0 Å². The number of fused-ring (bicyclic) bond motifs is 1. The topological polar surface area (TPSA) is 50.8 Å². The maximum atomic E-state index is 12.5. The zero-order valence-corrected chi connectivity index (χ0v) is 18.4. The van der Waals surface area contributed by atoms with Gasteiger partial charge in [0.2, 0.25) is 5.91 Å². The molecule has 160 valence electrons. The highest BCUT2D eigenvalue weighted by molar-refractivity contribution is 5.81. The maximum Gasteiger partial charge on any atom is 0.223 e. The van der Waals surface area contributed by atoms with Gasteiger partial charge in [-0.15, -0.1) is 0 Å². The lowest BCUT2D eigenvalue weighted by Gasteiger charge is -2.41. The highest BCUT2D eigenvalue weighted by Crippen LogP contribution is 2.40. The molecule has 0 bridgehead atoms. The molecule has 1 fully saturated rings. The Balaban J connectivity index is 1.67. The number of hydrogen-bond donors (Lipinski definition) is 1. The number of carbonyl (C=O) groups excluding carboxylic acids is 1. The third-order valence-electron chi connectivity index (χ3n) is 6.32. The summed E-state index contributed by atoms with van der Waals surface area (Å²) in [6.45, 7) is 6.02. The molecule has 0 spiro atoms. The van der Waals surface area contributed by atoms with Gasteiger partial charge in [0.15, 0.2) is 11.5 Å². The van der Waals surface area contributed by atoms with Crippen molar-refractivity contribution in [2.24, 2.45) is 5.92 Å². The van der Waals surface area contributed by atoms with Gasteiger partial charge in [-0.3, -0.25) is 9.69 Å². The molecule has 2 atom stereocenters. The standard InChI is InChI=1S/C25H32N2O3/c1-16-5-7-18(8-6-16)15-27-12-11-20-13-22(29-3)23(30-4)14-21(20)24(27)17(2)26-25(28)19-9-10-19/h5-8,13-14,17,19,24H,9-12,15H2,1-4H3,(H,26,28)/t17-,24-/m0/s1. The average Bonchev–Trinajstić information content (AvgIpc) is 3.59. The molecule has 5 nitrogen and oxygen atoms in total. The van der Waals surface area contributed by atoms with Gasteiger partial charge in [0, 0.05) is 25.0 Å². The normalized spacial score (nSPS) is 19.7. The van der Waals surface area contributed by atoms with E-state index in [0.717, 1.165) is 43.9 Å². The fourth-order valence-electron chi connectivity index (χ4n) is 4.49. The fraction of sp³-hybridized carbons (Fsp3) is 0.480. The largest absolute Gasteiger partial charge is 0.493 e. The summed E-state index contributed by atoms with van der Waals surface area (Å²) in [5.74, 6) is 1.88. The first kappa shape index (κ1) is 20.7. The van der Waals surface area contributed by atoms with Crippen LogP contribution in [0.3, 0.4) is 0 Å². The molecular weight excluding hydrogens is 376 g/mol. The summed E-state index contributed by atoms with van der Waals surface area (Å²) in [4.78, 5) is 15.0. The van der Waals surface area contributed by atoms with E-state index in [0.29, 0.717) is 0 Å². The Morgan fingerprint density at radius 1 is 1.13 bits per heavy atom. The number of nitrogens with one attached hydrogen (secondary N) is 1. The minimum atomic E-state index is 0.000648. The van der Waals surface area contributed by atoms with Gasteiger partial charge >= 0.3 is 0 Å². The molecule has 4 rings (SSSR count). The third-order valence-corrected chi connectivity index (χ3v) is 6.32. The van der Waals surface area contributed by atoms with E-state index < -0.39 is 0 Å². The fourth-order valence-corrected chi connectivity index (χ4v) is 4.49. The number of rotatable bonds is 7. The maximum absolute atomic E-state index is 12.5. The van der Waals surface area contributed by atoms with Gasteiger partial charge in [0.1, 0.15) is 0 Å². The number of carbonyl (C=O) groups is 1. The summed E-state index contributed by atoms with van der Waals surface area (Å²) < 4.78 is 11.1. The van der Waals surface area contributed by atoms with E-state index in [2.05, 4.69) is 60.5 Å². The van der Waals surface area contributed by atoms with Gasteiger partial charge in [-0.05, 0) is 61.9 Å². The van der Waals surface area contributed by atoms with Gasteiger partial charge in [-0.25, -0.2) is 0 Å². The number of aryl methyl sites for hydroxylation is 1. The highest BCUT2D eigenvalue weighted by atomic mass is 16.5. The van der Waals surface area contributed by atoms with Crippen LogP contribution in [0.5, 0.6) is 11.5 Å². The van der Waals surface area contributed by atoms with Crippen molar-refractivity contribution in [1.82, 2.24) is 10.2 Å². The van der Waals surface area contributed by atoms with Gasteiger partial charge in [0.25, 0.3) is 0 Å². The van der Waals surface area contributed by atoms with E-state index in [1.807, 2.05) is 0 Å². The monoisotopic (exact) mass is 408 g/mol. The lowest BCUT2D eigenvalue weighted by atomic mass is 9.87. The van der Waals surface area contributed by atoms with Crippen molar-refractivity contribution >= 4 is 5.91 Å². The van der Waals surface area contributed by atoms with Crippen molar-refractivity contribution in [3.8, 4) is 11.5 Å². The molecule has 1 saturated carbocycles. The molecule has 2 aromatic rings. The Morgan fingerprint density at radius 3 is 2.43 bits per heavy atom. The van der Waals surface area contributed by atoms with Crippen molar-refractivity contribution in [2.45, 2.75) is 51.7 Å². The van der Waals surface area contributed by atoms with Crippen LogP contribution in [0.1, 0.15) is 48.1 Å². The van der Waals surface area contributed by atoms with Gasteiger partial charge in [0.05, 0.1) is 20.3 Å². The van der Waals surface area contributed by atoms with E-state index in [-0.39, 0.29) is 23.9 Å². The zero-order chi connectivity index (χ0) is 21.3. The molecule has 5 heteroatoms. The van der Waals surface area contributed by atoms with Crippen molar-refractivity contribution in [1.29, 1.82) is 0 Å². The summed E-state index contributed by atoms with van der Waals surface area (Å²) in [5, 5.41) is 3.29. The Kier molecular flexibility index (Phi) is 6.00. The van der Waals surface area contributed by atoms with Gasteiger partial charge in [-0.2, -0.15) is 0 Å². The number of nitrogens with zero attached hydrogens (tertiary/aromatic N) is 1. The van der Waals surface area contributed by atoms with Crippen molar-refractivity contribution < 1.29 is 14.3 Å². The Labute approximate surface area is 179 Å². The van der Waals surface area contributed by atoms with Crippen LogP contribution in [-0.4, -0.2) is 37.6 Å². The van der Waals surface area contributed by atoms with Crippen molar-refractivity contribution in [2.75, 3.05) is 20.8 Å². The predicted molar refractivity (Wildman–Crippen MR) is 118 cm³/mol. The predicted octanol–water partition coefficient (Wildman–Crippen LogP) is 4.03. The van der Waals surface area contributed by atoms with Crippen LogP contribution >= 0.6 is 0 Å². The summed E-state index contributed by atoms with van der Waals surface area (Å²) in [5.41, 5.74) is 5.04. The lowest BCUT2D eigenvalue weighted by Crippen LogP contribution is -2.47. The van der Waals surface area contributed by atoms with E-state index in [9.17, 15) is 4.79 Å². The van der Waals surface area contributed by atoms with Crippen LogP contribution in [0.2, 0.25) is 0 Å². The second-order valence-electron chi connectivity index (χ2n) is 8.63. The van der Waals surface area contributed by atoms with Crippen molar-refractivity contribution in [3.05, 3.63) is 58.7 Å². The molecule has 0 saturated heterocycles. The molecule has 1 aliphatic heterocycles. The molecule has 1 aliphatic carbocycles. The molecule has 1 heterocycles. The number of ether oxygens (including phenoxy) is 2. The quantitative estimate of drug-likeness (QED) is 0.752. The molecule has 30 heavy (non-hydrogen) atoms. The Morgan fingerprint density at radius 2 is 1.80 bits per heavy atom. The second kappa shape index (κ2) is 8.68. The van der Waals surface area contributed by atoms with E-state index in [1.54, 1.807) is 14.2 Å². The Hall–Kier alpha value is -2.53. The summed E-state index contributed by atoms with van der Waals surface area (Å²) in [7, 11) is 3.34. The number of methoxy groups -OCH3 is 2. The summed E-state index contributed by atoms with van der Waals surface area (Å²) in [6, 6.07) is 13.0. The highest BCUT2D eigenvalue weighted by Gasteiger charge is 2.36. The second-order valence-corrected chi connectivity index (χ2v) is 8.63. The SMILES string of the molecule is COc1cc2c(cc1OC)[C@H]([C@H](C)NC(=O)C1CC1)N(Cc1ccc(C)cc1)CC2. The van der Waals surface area contributed by atoms with E-state index in [4.69, 9.17) is 9.47 Å². The number of amides is 1. The molecule has 2 aromatic carbocycles. The zero-order valence-electron chi connectivity index (χ0n) is 18.4. The third kappa shape index (κ3) is 4.31. The summed E-state index contributed by atoms with van der Waals surface area (Å²) in [6.07, 6.45) is 2.97. The minimum absolute atomic E-state index is 0.000648. The van der Waals surface area contributed by atoms with Gasteiger partial charge < -0.3 is 14.8 Å². The lowest BCUT2D eigenvalue weighted by molar-refractivity contribution is -0.123. The van der Waals surface area contributed by atoms with Crippen molar-refractivity contribution in [3.63, 3.8) is 0 Å². The first-order valence-corrected chi connectivity index (χ1v) is 10.8. The first-order valence-electron chi connectivity index (χ1n) is 10.8. The van der Waals surface area contributed by atoms with E-state index >= 15 is 0 Å². The van der Waals surface area contributed by atoms with E-state index in [1.165, 1.54) is 22.3 Å². The number of hydrogen-bond acceptors (Lipinski definition) is 4. The summed E-state index contributed by atoms with van der Waals surface area (Å²) >= 11 is 0. The van der Waals surface area contributed by atoms with Crippen LogP contribution < -0.4 is 14.8 Å². The van der Waals surface area contributed by atoms with Crippen LogP contribution in [-0.2, 0) is 17.8 Å². The average molecular weight is 409 g/mol. The molecular formula is C25H32N2O3. The van der Waals surface area contributed by atoms with Crippen LogP contribution in [0.15, 0.2) is 36.4 Å². The molecule has 1 amide bonds. The van der Waals surface area contributed by atoms with Gasteiger partial charge in [-0.1, -0.05) is 29.8 Å². The molecule has 0 radical (unpaired) electrons. The molecule has 1 N–H and O–H groups in total. The van der Waals surface area contributed by atoms with Crippen LogP contribution in [0, 0.1) is 12.8 Å². The van der Waals surface area contributed by atoms with Crippen LogP contribution in [0.25, 0.3) is 0 Å². The minimum Gasteiger partial charge on any atom is -0.493 e. The molecule has 2 aliphatic rings. The first-order chi connectivity index (χ1) is 14.5. The molecule has 0 unspecified atom stereocenters.